The number of rotatable bonds is 4. The fraction of sp³-hybridized carbons (Fsp3) is 0.500. The molecule has 0 aliphatic heterocycles. The summed E-state index contributed by atoms with van der Waals surface area (Å²) in [4.78, 5) is 13.7. The van der Waals surface area contributed by atoms with E-state index in [2.05, 4.69) is 9.27 Å². The Hall–Kier alpha value is -0.740. The highest BCUT2D eigenvalue weighted by molar-refractivity contribution is 7.06. The summed E-state index contributed by atoms with van der Waals surface area (Å²) in [5.41, 5.74) is 0.738. The maximum atomic E-state index is 10.5. The van der Waals surface area contributed by atoms with Crippen LogP contribution in [0.3, 0.4) is 0 Å². The van der Waals surface area contributed by atoms with Gasteiger partial charge in [-0.1, -0.05) is 0 Å². The molecule has 0 radical (unpaired) electrons. The van der Waals surface area contributed by atoms with Crippen molar-refractivity contribution in [3.8, 4) is 0 Å². The Kier molecular flexibility index (Phi) is 3.37. The third-order valence-electron chi connectivity index (χ3n) is 1.59. The molecule has 0 aliphatic carbocycles. The molecule has 1 heterocycles. The average Bonchev–Trinajstić information content (AvgIpc) is 2.47. The summed E-state index contributed by atoms with van der Waals surface area (Å²) in [5, 5.41) is 0. The number of carbonyl (C=O) groups is 1. The van der Waals surface area contributed by atoms with Gasteiger partial charge in [-0.2, -0.15) is 0 Å². The van der Waals surface area contributed by atoms with E-state index < -0.39 is 0 Å². The number of hydrogen-bond acceptors (Lipinski definition) is 4. The van der Waals surface area contributed by atoms with Crippen LogP contribution in [0.5, 0.6) is 0 Å². The van der Waals surface area contributed by atoms with Crippen LogP contribution in [-0.4, -0.2) is 36.2 Å². The molecule has 0 atom stereocenters. The molecule has 1 rings (SSSR count). The average molecular weight is 184 g/mol. The molecule has 3 nitrogen and oxygen atoms in total. The largest absolute Gasteiger partial charge is 0.309 e. The first-order valence-electron chi connectivity index (χ1n) is 3.77. The van der Waals surface area contributed by atoms with E-state index in [0.717, 1.165) is 29.7 Å². The third-order valence-corrected chi connectivity index (χ3v) is 2.46. The lowest BCUT2D eigenvalue weighted by Crippen LogP contribution is -2.14. The Balaban J connectivity index is 2.56. The first-order valence-corrected chi connectivity index (χ1v) is 4.55. The maximum Gasteiger partial charge on any atom is 0.152 e. The van der Waals surface area contributed by atoms with E-state index in [9.17, 15) is 4.79 Å². The monoisotopic (exact) mass is 184 g/mol. The molecule has 0 fully saturated rings. The second-order valence-electron chi connectivity index (χ2n) is 2.88. The Bertz CT molecular complexity index is 257. The van der Waals surface area contributed by atoms with Crippen LogP contribution in [0.4, 0.5) is 0 Å². The summed E-state index contributed by atoms with van der Waals surface area (Å²) in [5.74, 6) is 0. The van der Waals surface area contributed by atoms with Gasteiger partial charge in [0.2, 0.25) is 0 Å². The highest BCUT2D eigenvalue weighted by Crippen LogP contribution is 2.11. The molecule has 12 heavy (non-hydrogen) atoms. The first kappa shape index (κ1) is 9.35. The van der Waals surface area contributed by atoms with Gasteiger partial charge < -0.3 is 4.90 Å². The molecular formula is C8H12N2OS. The Morgan fingerprint density at radius 1 is 1.67 bits per heavy atom. The van der Waals surface area contributed by atoms with Crippen LogP contribution in [0.25, 0.3) is 0 Å². The number of nitrogens with zero attached hydrogens (tertiary/aromatic N) is 2. The van der Waals surface area contributed by atoms with Crippen molar-refractivity contribution in [2.45, 2.75) is 6.42 Å². The molecule has 0 unspecified atom stereocenters. The Morgan fingerprint density at radius 3 is 3.00 bits per heavy atom. The van der Waals surface area contributed by atoms with E-state index in [1.807, 2.05) is 14.1 Å². The van der Waals surface area contributed by atoms with Gasteiger partial charge >= 0.3 is 0 Å². The molecule has 0 aromatic carbocycles. The van der Waals surface area contributed by atoms with E-state index in [1.165, 1.54) is 11.5 Å². The van der Waals surface area contributed by atoms with Crippen molar-refractivity contribution in [3.05, 3.63) is 16.6 Å². The highest BCUT2D eigenvalue weighted by Gasteiger charge is 2.04. The lowest BCUT2D eigenvalue weighted by molar-refractivity contribution is 0.112. The molecule has 0 bridgehead atoms. The predicted octanol–water partition coefficient (Wildman–Crippen LogP) is 1.06. The van der Waals surface area contributed by atoms with Crippen LogP contribution in [-0.2, 0) is 6.42 Å². The SMILES string of the molecule is CN(C)CCc1sncc1C=O. The normalized spacial score (nSPS) is 10.6. The van der Waals surface area contributed by atoms with Gasteiger partial charge in [0.15, 0.2) is 6.29 Å². The van der Waals surface area contributed by atoms with Crippen molar-refractivity contribution in [2.24, 2.45) is 0 Å². The molecule has 1 aromatic rings. The first-order chi connectivity index (χ1) is 5.74. The molecule has 0 saturated carbocycles. The molecule has 0 N–H and O–H groups in total. The van der Waals surface area contributed by atoms with Crippen molar-refractivity contribution in [1.82, 2.24) is 9.27 Å². The van der Waals surface area contributed by atoms with Crippen molar-refractivity contribution in [2.75, 3.05) is 20.6 Å². The van der Waals surface area contributed by atoms with Crippen LogP contribution in [0.15, 0.2) is 6.20 Å². The van der Waals surface area contributed by atoms with Crippen molar-refractivity contribution < 1.29 is 4.79 Å². The van der Waals surface area contributed by atoms with E-state index >= 15 is 0 Å². The summed E-state index contributed by atoms with van der Waals surface area (Å²) in [7, 11) is 4.03. The van der Waals surface area contributed by atoms with Gasteiger partial charge in [0.1, 0.15) is 0 Å². The zero-order chi connectivity index (χ0) is 8.97. The number of likely N-dealkylation sites (N-methyl/N-ethyl adjacent to an activating group) is 1. The van der Waals surface area contributed by atoms with Crippen LogP contribution >= 0.6 is 11.5 Å². The number of hydrogen-bond donors (Lipinski definition) is 0. The lowest BCUT2D eigenvalue weighted by atomic mass is 10.2. The van der Waals surface area contributed by atoms with Crippen LogP contribution in [0, 0.1) is 0 Å². The third kappa shape index (κ3) is 2.39. The van der Waals surface area contributed by atoms with Gasteiger partial charge in [0.05, 0.1) is 6.20 Å². The fourth-order valence-corrected chi connectivity index (χ4v) is 1.57. The summed E-state index contributed by atoms with van der Waals surface area (Å²) < 4.78 is 3.96. The van der Waals surface area contributed by atoms with Crippen molar-refractivity contribution in [3.63, 3.8) is 0 Å². The zero-order valence-electron chi connectivity index (χ0n) is 7.28. The van der Waals surface area contributed by atoms with Gasteiger partial charge in [0, 0.05) is 17.0 Å². The van der Waals surface area contributed by atoms with Gasteiger partial charge in [0.25, 0.3) is 0 Å². The smallest absolute Gasteiger partial charge is 0.152 e. The minimum atomic E-state index is 0.738. The highest BCUT2D eigenvalue weighted by atomic mass is 32.1. The summed E-state index contributed by atoms with van der Waals surface area (Å²) in [6.07, 6.45) is 3.41. The lowest BCUT2D eigenvalue weighted by Gasteiger charge is -2.07. The molecular weight excluding hydrogens is 172 g/mol. The molecule has 1 aromatic heterocycles. The van der Waals surface area contributed by atoms with Gasteiger partial charge in [-0.15, -0.1) is 0 Å². The maximum absolute atomic E-state index is 10.5. The van der Waals surface area contributed by atoms with Crippen LogP contribution in [0.2, 0.25) is 0 Å². The van der Waals surface area contributed by atoms with E-state index in [0.29, 0.717) is 0 Å². The molecule has 4 heteroatoms. The fourth-order valence-electron chi connectivity index (χ4n) is 0.883. The zero-order valence-corrected chi connectivity index (χ0v) is 8.10. The molecule has 0 saturated heterocycles. The summed E-state index contributed by atoms with van der Waals surface area (Å²) in [6.45, 7) is 0.961. The van der Waals surface area contributed by atoms with Gasteiger partial charge in [-0.3, -0.25) is 4.79 Å². The minimum absolute atomic E-state index is 0.738. The summed E-state index contributed by atoms with van der Waals surface area (Å²) in [6, 6.07) is 0. The quantitative estimate of drug-likeness (QED) is 0.656. The van der Waals surface area contributed by atoms with Gasteiger partial charge in [-0.05, 0) is 32.0 Å². The van der Waals surface area contributed by atoms with Crippen molar-refractivity contribution >= 4 is 17.8 Å². The van der Waals surface area contributed by atoms with E-state index in [-0.39, 0.29) is 0 Å². The standard InChI is InChI=1S/C8H12N2OS/c1-10(2)4-3-8-7(6-11)5-9-12-8/h5-6H,3-4H2,1-2H3. The van der Waals surface area contributed by atoms with Gasteiger partial charge in [-0.25, -0.2) is 4.37 Å². The molecule has 66 valence electrons. The topological polar surface area (TPSA) is 33.2 Å². The second-order valence-corrected chi connectivity index (χ2v) is 3.76. The summed E-state index contributed by atoms with van der Waals surface area (Å²) >= 11 is 1.41. The van der Waals surface area contributed by atoms with Crippen LogP contribution in [0.1, 0.15) is 15.2 Å². The predicted molar refractivity (Wildman–Crippen MR) is 49.8 cm³/mol. The number of aromatic nitrogens is 1. The Morgan fingerprint density at radius 2 is 2.42 bits per heavy atom. The molecule has 0 aliphatic rings. The number of carbonyl (C=O) groups excluding carboxylic acids is 1. The number of aldehydes is 1. The molecule has 0 spiro atoms. The van der Waals surface area contributed by atoms with Crippen LogP contribution < -0.4 is 0 Å². The molecule has 0 amide bonds. The Labute approximate surface area is 76.2 Å². The minimum Gasteiger partial charge on any atom is -0.309 e. The van der Waals surface area contributed by atoms with E-state index in [1.54, 1.807) is 6.20 Å². The van der Waals surface area contributed by atoms with E-state index in [4.69, 9.17) is 0 Å². The van der Waals surface area contributed by atoms with Crippen molar-refractivity contribution in [1.29, 1.82) is 0 Å². The second kappa shape index (κ2) is 4.33.